The minimum atomic E-state index is -3.42. The van der Waals surface area contributed by atoms with Crippen molar-refractivity contribution >= 4 is 40.0 Å². The van der Waals surface area contributed by atoms with E-state index in [-0.39, 0.29) is 28.9 Å². The van der Waals surface area contributed by atoms with Gasteiger partial charge < -0.3 is 10.2 Å². The SMILES string of the molecule is CN=C(NCc1cccc(S(=O)(=O)NC)c1)N1CCC2(CCCCC2)C1.I. The second-order valence-electron chi connectivity index (χ2n) is 7.49. The Labute approximate surface area is 180 Å². The molecule has 1 spiro atoms. The van der Waals surface area contributed by atoms with E-state index in [0.29, 0.717) is 12.0 Å². The van der Waals surface area contributed by atoms with E-state index in [9.17, 15) is 8.42 Å². The number of rotatable bonds is 4. The van der Waals surface area contributed by atoms with Gasteiger partial charge in [-0.2, -0.15) is 0 Å². The highest BCUT2D eigenvalue weighted by atomic mass is 127. The van der Waals surface area contributed by atoms with E-state index in [0.717, 1.165) is 24.6 Å². The van der Waals surface area contributed by atoms with Crippen molar-refractivity contribution in [2.45, 2.75) is 50.0 Å². The molecule has 6 nitrogen and oxygen atoms in total. The number of guanidine groups is 1. The lowest BCUT2D eigenvalue weighted by molar-refractivity contribution is 0.203. The molecule has 2 aliphatic rings. The van der Waals surface area contributed by atoms with E-state index in [1.165, 1.54) is 45.6 Å². The van der Waals surface area contributed by atoms with E-state index in [2.05, 4.69) is 19.9 Å². The molecule has 1 aromatic carbocycles. The molecule has 0 bridgehead atoms. The molecule has 2 N–H and O–H groups in total. The zero-order chi connectivity index (χ0) is 18.6. The fourth-order valence-corrected chi connectivity index (χ4v) is 5.08. The summed E-state index contributed by atoms with van der Waals surface area (Å²) in [6.45, 7) is 2.69. The molecule has 0 unspecified atom stereocenters. The lowest BCUT2D eigenvalue weighted by Crippen LogP contribution is -2.41. The Balaban J connectivity index is 0.00000261. The molecule has 1 aliphatic heterocycles. The average Bonchev–Trinajstić information content (AvgIpc) is 3.06. The second kappa shape index (κ2) is 9.56. The van der Waals surface area contributed by atoms with Crippen molar-refractivity contribution < 1.29 is 8.42 Å². The Bertz CT molecular complexity index is 761. The van der Waals surface area contributed by atoms with Crippen LogP contribution < -0.4 is 10.0 Å². The summed E-state index contributed by atoms with van der Waals surface area (Å²) in [4.78, 5) is 7.10. The molecule has 27 heavy (non-hydrogen) atoms. The summed E-state index contributed by atoms with van der Waals surface area (Å²) < 4.78 is 26.3. The number of aliphatic imine (C=N–C) groups is 1. The van der Waals surface area contributed by atoms with Gasteiger partial charge >= 0.3 is 0 Å². The van der Waals surface area contributed by atoms with Gasteiger partial charge in [-0.3, -0.25) is 4.99 Å². The molecule has 152 valence electrons. The summed E-state index contributed by atoms with van der Waals surface area (Å²) in [6, 6.07) is 7.02. The highest BCUT2D eigenvalue weighted by molar-refractivity contribution is 14.0. The predicted molar refractivity (Wildman–Crippen MR) is 120 cm³/mol. The molecule has 1 aromatic rings. The van der Waals surface area contributed by atoms with Gasteiger partial charge in [0.1, 0.15) is 0 Å². The highest BCUT2D eigenvalue weighted by Gasteiger charge is 2.39. The molecular formula is C19H31IN4O2S. The van der Waals surface area contributed by atoms with Crippen LogP contribution in [0.5, 0.6) is 0 Å². The van der Waals surface area contributed by atoms with Crippen LogP contribution >= 0.6 is 24.0 Å². The molecule has 0 atom stereocenters. The smallest absolute Gasteiger partial charge is 0.240 e. The lowest BCUT2D eigenvalue weighted by atomic mass is 9.73. The van der Waals surface area contributed by atoms with E-state index in [1.807, 2.05) is 13.1 Å². The third-order valence-electron chi connectivity index (χ3n) is 5.79. The first-order valence-corrected chi connectivity index (χ1v) is 10.9. The van der Waals surface area contributed by atoms with Crippen LogP contribution in [0.15, 0.2) is 34.2 Å². The molecule has 0 aromatic heterocycles. The number of nitrogens with one attached hydrogen (secondary N) is 2. The maximum Gasteiger partial charge on any atom is 0.240 e. The third kappa shape index (κ3) is 5.35. The summed E-state index contributed by atoms with van der Waals surface area (Å²) in [6.07, 6.45) is 8.01. The van der Waals surface area contributed by atoms with Gasteiger partial charge in [-0.1, -0.05) is 31.4 Å². The van der Waals surface area contributed by atoms with Crippen LogP contribution in [-0.4, -0.2) is 46.5 Å². The van der Waals surface area contributed by atoms with Crippen molar-refractivity contribution in [1.29, 1.82) is 0 Å². The Morgan fingerprint density at radius 3 is 2.63 bits per heavy atom. The van der Waals surface area contributed by atoms with Gasteiger partial charge in [0.05, 0.1) is 4.90 Å². The average molecular weight is 506 g/mol. The van der Waals surface area contributed by atoms with Gasteiger partial charge in [-0.15, -0.1) is 24.0 Å². The first-order chi connectivity index (χ1) is 12.5. The molecule has 0 amide bonds. The number of benzene rings is 1. The summed E-state index contributed by atoms with van der Waals surface area (Å²) in [7, 11) is -0.175. The molecule has 3 rings (SSSR count). The Morgan fingerprint density at radius 1 is 1.22 bits per heavy atom. The highest BCUT2D eigenvalue weighted by Crippen LogP contribution is 2.43. The van der Waals surface area contributed by atoms with Crippen molar-refractivity contribution in [3.05, 3.63) is 29.8 Å². The number of hydrogen-bond donors (Lipinski definition) is 2. The largest absolute Gasteiger partial charge is 0.352 e. The van der Waals surface area contributed by atoms with Crippen LogP contribution in [0.25, 0.3) is 0 Å². The zero-order valence-corrected chi connectivity index (χ0v) is 19.3. The van der Waals surface area contributed by atoms with Gasteiger partial charge in [0.25, 0.3) is 0 Å². The van der Waals surface area contributed by atoms with Crippen LogP contribution in [0.3, 0.4) is 0 Å². The fraction of sp³-hybridized carbons (Fsp3) is 0.632. The van der Waals surface area contributed by atoms with Gasteiger partial charge in [-0.05, 0) is 49.4 Å². The number of likely N-dealkylation sites (tertiary alicyclic amines) is 1. The van der Waals surface area contributed by atoms with Crippen LogP contribution in [0.1, 0.15) is 44.1 Å². The molecular weight excluding hydrogens is 475 g/mol. The van der Waals surface area contributed by atoms with Crippen LogP contribution in [-0.2, 0) is 16.6 Å². The molecule has 8 heteroatoms. The van der Waals surface area contributed by atoms with E-state index in [4.69, 9.17) is 0 Å². The zero-order valence-electron chi connectivity index (χ0n) is 16.2. The first kappa shape index (κ1) is 22.4. The van der Waals surface area contributed by atoms with Crippen LogP contribution in [0, 0.1) is 5.41 Å². The number of hydrogen-bond acceptors (Lipinski definition) is 3. The minimum absolute atomic E-state index is 0. The Hall–Kier alpha value is -0.870. The van der Waals surface area contributed by atoms with Crippen molar-refractivity contribution in [3.8, 4) is 0 Å². The van der Waals surface area contributed by atoms with Gasteiger partial charge in [0.15, 0.2) is 5.96 Å². The predicted octanol–water partition coefficient (Wildman–Crippen LogP) is 2.94. The maximum absolute atomic E-state index is 12.0. The van der Waals surface area contributed by atoms with Crippen LogP contribution in [0.4, 0.5) is 0 Å². The van der Waals surface area contributed by atoms with E-state index >= 15 is 0 Å². The van der Waals surface area contributed by atoms with Crippen molar-refractivity contribution in [2.24, 2.45) is 10.4 Å². The molecule has 1 aliphatic carbocycles. The standard InChI is InChI=1S/C19H30N4O2S.HI/c1-20-18(23-12-11-19(15-23)9-4-3-5-10-19)22-14-16-7-6-8-17(13-16)26(24,25)21-2;/h6-8,13,21H,3-5,9-12,14-15H2,1-2H3,(H,20,22);1H. The van der Waals surface area contributed by atoms with Crippen molar-refractivity contribution in [3.63, 3.8) is 0 Å². The van der Waals surface area contributed by atoms with E-state index in [1.54, 1.807) is 18.2 Å². The first-order valence-electron chi connectivity index (χ1n) is 9.46. The monoisotopic (exact) mass is 506 g/mol. The number of nitrogens with zero attached hydrogens (tertiary/aromatic N) is 2. The minimum Gasteiger partial charge on any atom is -0.352 e. The number of halogens is 1. The summed E-state index contributed by atoms with van der Waals surface area (Å²) in [5, 5.41) is 3.41. The summed E-state index contributed by atoms with van der Waals surface area (Å²) >= 11 is 0. The fourth-order valence-electron chi connectivity index (χ4n) is 4.28. The normalized spacial score (nSPS) is 19.8. The molecule has 1 heterocycles. The maximum atomic E-state index is 12.0. The molecule has 1 saturated carbocycles. The lowest BCUT2D eigenvalue weighted by Gasteiger charge is -2.33. The van der Waals surface area contributed by atoms with Crippen molar-refractivity contribution in [1.82, 2.24) is 14.9 Å². The Morgan fingerprint density at radius 2 is 1.96 bits per heavy atom. The Kier molecular flexibility index (Phi) is 7.94. The third-order valence-corrected chi connectivity index (χ3v) is 7.20. The number of sulfonamides is 1. The second-order valence-corrected chi connectivity index (χ2v) is 9.37. The van der Waals surface area contributed by atoms with Gasteiger partial charge in [0, 0.05) is 26.7 Å². The molecule has 1 saturated heterocycles. The van der Waals surface area contributed by atoms with E-state index < -0.39 is 10.0 Å². The quantitative estimate of drug-likeness (QED) is 0.374. The topological polar surface area (TPSA) is 73.8 Å². The van der Waals surface area contributed by atoms with Gasteiger partial charge in [-0.25, -0.2) is 13.1 Å². The van der Waals surface area contributed by atoms with Crippen molar-refractivity contribution in [2.75, 3.05) is 27.2 Å². The summed E-state index contributed by atoms with van der Waals surface area (Å²) in [5.41, 5.74) is 1.41. The van der Waals surface area contributed by atoms with Gasteiger partial charge in [0.2, 0.25) is 10.0 Å². The van der Waals surface area contributed by atoms with Crippen LogP contribution in [0.2, 0.25) is 0 Å². The molecule has 2 fully saturated rings. The summed E-state index contributed by atoms with van der Waals surface area (Å²) in [5.74, 6) is 0.911. The molecule has 0 radical (unpaired) electrons.